The van der Waals surface area contributed by atoms with Crippen LogP contribution in [0.4, 0.5) is 0 Å². The van der Waals surface area contributed by atoms with Gasteiger partial charge in [-0.3, -0.25) is 9.48 Å². The molecule has 1 heterocycles. The summed E-state index contributed by atoms with van der Waals surface area (Å²) in [6, 6.07) is 0. The van der Waals surface area contributed by atoms with Gasteiger partial charge in [0.15, 0.2) is 0 Å². The zero-order valence-electron chi connectivity index (χ0n) is 10.4. The van der Waals surface area contributed by atoms with Crippen LogP contribution in [-0.4, -0.2) is 52.4 Å². The number of aromatic nitrogens is 2. The maximum atomic E-state index is 11.5. The number of carbonyl (C=O) groups excluding carboxylic acids is 1. The van der Waals surface area contributed by atoms with Crippen molar-refractivity contribution in [3.05, 3.63) is 18.0 Å². The average Bonchev–Trinajstić information content (AvgIpc) is 2.76. The molecule has 17 heavy (non-hydrogen) atoms. The fraction of sp³-hybridized carbons (Fsp3) is 0.636. The van der Waals surface area contributed by atoms with E-state index in [-0.39, 0.29) is 12.5 Å². The Morgan fingerprint density at radius 2 is 2.41 bits per heavy atom. The smallest absolute Gasteiger partial charge is 0.236 e. The lowest BCUT2D eigenvalue weighted by molar-refractivity contribution is -0.128. The predicted molar refractivity (Wildman–Crippen MR) is 64.3 cm³/mol. The van der Waals surface area contributed by atoms with Crippen molar-refractivity contribution in [2.45, 2.75) is 20.0 Å². The summed E-state index contributed by atoms with van der Waals surface area (Å²) in [6.45, 7) is 4.17. The monoisotopic (exact) mass is 240 g/mol. The lowest BCUT2D eigenvalue weighted by Crippen LogP contribution is -2.35. The summed E-state index contributed by atoms with van der Waals surface area (Å²) in [5.74, 6) is 0.0789. The van der Waals surface area contributed by atoms with E-state index in [0.717, 1.165) is 12.1 Å². The second kappa shape index (κ2) is 7.03. The first kappa shape index (κ1) is 13.7. The third kappa shape index (κ3) is 4.54. The van der Waals surface area contributed by atoms with Crippen LogP contribution in [-0.2, 0) is 17.9 Å². The van der Waals surface area contributed by atoms with E-state index in [1.807, 2.05) is 13.1 Å². The second-order valence-electron chi connectivity index (χ2n) is 3.85. The Morgan fingerprint density at radius 3 is 3.06 bits per heavy atom. The molecule has 2 N–H and O–H groups in total. The Labute approximate surface area is 101 Å². The zero-order valence-corrected chi connectivity index (χ0v) is 10.4. The fourth-order valence-corrected chi connectivity index (χ4v) is 1.35. The topological polar surface area (TPSA) is 70.4 Å². The van der Waals surface area contributed by atoms with E-state index in [1.54, 1.807) is 22.8 Å². The number of aliphatic hydroxyl groups excluding tert-OH is 1. The molecule has 0 unspecified atom stereocenters. The summed E-state index contributed by atoms with van der Waals surface area (Å²) in [5.41, 5.74) is 1.01. The van der Waals surface area contributed by atoms with Gasteiger partial charge in [0, 0.05) is 31.9 Å². The van der Waals surface area contributed by atoms with Gasteiger partial charge < -0.3 is 15.3 Å². The van der Waals surface area contributed by atoms with Crippen LogP contribution in [0.3, 0.4) is 0 Å². The third-order valence-corrected chi connectivity index (χ3v) is 2.52. The molecular formula is C11H20N4O2. The first-order valence-corrected chi connectivity index (χ1v) is 5.74. The van der Waals surface area contributed by atoms with Crippen molar-refractivity contribution in [1.29, 1.82) is 0 Å². The standard InChI is InChI=1S/C11H20N4O2/c1-3-14(2)11(17)8-12-6-10-7-13-15(9-10)4-5-16/h7,9,12,16H,3-6,8H2,1-2H3. The summed E-state index contributed by atoms with van der Waals surface area (Å²) in [5, 5.41) is 15.9. The number of rotatable bonds is 7. The number of carbonyl (C=O) groups is 1. The molecule has 1 amide bonds. The maximum absolute atomic E-state index is 11.5. The van der Waals surface area contributed by atoms with Crippen LogP contribution in [0.5, 0.6) is 0 Å². The molecule has 0 radical (unpaired) electrons. The van der Waals surface area contributed by atoms with E-state index in [9.17, 15) is 4.79 Å². The van der Waals surface area contributed by atoms with E-state index in [0.29, 0.717) is 19.6 Å². The number of nitrogens with one attached hydrogen (secondary N) is 1. The summed E-state index contributed by atoms with van der Waals surface area (Å²) < 4.78 is 1.68. The fourth-order valence-electron chi connectivity index (χ4n) is 1.35. The van der Waals surface area contributed by atoms with E-state index >= 15 is 0 Å². The number of nitrogens with zero attached hydrogens (tertiary/aromatic N) is 3. The first-order chi connectivity index (χ1) is 8.17. The molecule has 0 fully saturated rings. The third-order valence-electron chi connectivity index (χ3n) is 2.52. The highest BCUT2D eigenvalue weighted by Gasteiger charge is 2.05. The first-order valence-electron chi connectivity index (χ1n) is 5.74. The lowest BCUT2D eigenvalue weighted by atomic mass is 10.3. The van der Waals surface area contributed by atoms with Crippen LogP contribution < -0.4 is 5.32 Å². The van der Waals surface area contributed by atoms with Gasteiger partial charge >= 0.3 is 0 Å². The quantitative estimate of drug-likeness (QED) is 0.670. The lowest BCUT2D eigenvalue weighted by Gasteiger charge is -2.14. The van der Waals surface area contributed by atoms with Crippen LogP contribution >= 0.6 is 0 Å². The molecule has 0 aliphatic carbocycles. The van der Waals surface area contributed by atoms with Crippen LogP contribution in [0, 0.1) is 0 Å². The number of aliphatic hydroxyl groups is 1. The summed E-state index contributed by atoms with van der Waals surface area (Å²) in [7, 11) is 1.78. The molecule has 0 atom stereocenters. The Bertz CT molecular complexity index is 351. The van der Waals surface area contributed by atoms with Crippen LogP contribution in [0.1, 0.15) is 12.5 Å². The van der Waals surface area contributed by atoms with E-state index in [4.69, 9.17) is 5.11 Å². The molecule has 0 spiro atoms. The van der Waals surface area contributed by atoms with Gasteiger partial charge in [0.1, 0.15) is 0 Å². The Balaban J connectivity index is 2.28. The van der Waals surface area contributed by atoms with Gasteiger partial charge in [0.05, 0.1) is 25.9 Å². The molecule has 0 saturated heterocycles. The van der Waals surface area contributed by atoms with Crippen LogP contribution in [0.2, 0.25) is 0 Å². The normalized spacial score (nSPS) is 10.5. The highest BCUT2D eigenvalue weighted by Crippen LogP contribution is 1.96. The number of hydrogen-bond acceptors (Lipinski definition) is 4. The highest BCUT2D eigenvalue weighted by molar-refractivity contribution is 5.77. The Hall–Kier alpha value is -1.40. The molecule has 96 valence electrons. The summed E-state index contributed by atoms with van der Waals surface area (Å²) in [4.78, 5) is 13.2. The molecule has 1 aromatic heterocycles. The molecule has 0 bridgehead atoms. The molecule has 1 rings (SSSR count). The van der Waals surface area contributed by atoms with Crippen LogP contribution in [0.25, 0.3) is 0 Å². The summed E-state index contributed by atoms with van der Waals surface area (Å²) in [6.07, 6.45) is 3.59. The SMILES string of the molecule is CCN(C)C(=O)CNCc1cnn(CCO)c1. The van der Waals surface area contributed by atoms with Crippen molar-refractivity contribution in [3.8, 4) is 0 Å². The zero-order chi connectivity index (χ0) is 12.7. The second-order valence-corrected chi connectivity index (χ2v) is 3.85. The highest BCUT2D eigenvalue weighted by atomic mass is 16.3. The molecular weight excluding hydrogens is 220 g/mol. The average molecular weight is 240 g/mol. The summed E-state index contributed by atoms with van der Waals surface area (Å²) >= 11 is 0. The van der Waals surface area contributed by atoms with Crippen molar-refractivity contribution in [3.63, 3.8) is 0 Å². The van der Waals surface area contributed by atoms with Gasteiger partial charge in [-0.15, -0.1) is 0 Å². The largest absolute Gasteiger partial charge is 0.394 e. The van der Waals surface area contributed by atoms with Crippen molar-refractivity contribution in [1.82, 2.24) is 20.0 Å². The molecule has 0 aliphatic heterocycles. The number of hydrogen-bond donors (Lipinski definition) is 2. The number of likely N-dealkylation sites (N-methyl/N-ethyl adjacent to an activating group) is 1. The van der Waals surface area contributed by atoms with Gasteiger partial charge in [-0.2, -0.15) is 5.10 Å². The van der Waals surface area contributed by atoms with Crippen molar-refractivity contribution in [2.24, 2.45) is 0 Å². The van der Waals surface area contributed by atoms with E-state index < -0.39 is 0 Å². The van der Waals surface area contributed by atoms with Crippen molar-refractivity contribution < 1.29 is 9.90 Å². The van der Waals surface area contributed by atoms with Crippen LogP contribution in [0.15, 0.2) is 12.4 Å². The van der Waals surface area contributed by atoms with Gasteiger partial charge in [-0.1, -0.05) is 0 Å². The minimum Gasteiger partial charge on any atom is -0.394 e. The molecule has 0 saturated carbocycles. The van der Waals surface area contributed by atoms with Gasteiger partial charge in [-0.25, -0.2) is 0 Å². The van der Waals surface area contributed by atoms with Gasteiger partial charge in [0.2, 0.25) is 5.91 Å². The Morgan fingerprint density at radius 1 is 1.65 bits per heavy atom. The number of amides is 1. The molecule has 0 aromatic carbocycles. The van der Waals surface area contributed by atoms with Crippen molar-refractivity contribution >= 4 is 5.91 Å². The molecule has 0 aliphatic rings. The van der Waals surface area contributed by atoms with E-state index in [2.05, 4.69) is 10.4 Å². The van der Waals surface area contributed by atoms with Gasteiger partial charge in [-0.05, 0) is 6.92 Å². The molecule has 6 heteroatoms. The minimum atomic E-state index is 0.0777. The minimum absolute atomic E-state index is 0.0777. The van der Waals surface area contributed by atoms with Gasteiger partial charge in [0.25, 0.3) is 0 Å². The van der Waals surface area contributed by atoms with Crippen molar-refractivity contribution in [2.75, 3.05) is 26.7 Å². The molecule has 1 aromatic rings. The Kier molecular flexibility index (Phi) is 5.65. The predicted octanol–water partition coefficient (Wildman–Crippen LogP) is -0.557. The molecule has 6 nitrogen and oxygen atoms in total. The maximum Gasteiger partial charge on any atom is 0.236 e. The van der Waals surface area contributed by atoms with E-state index in [1.165, 1.54) is 0 Å².